The molecule has 1 aromatic rings. The first kappa shape index (κ1) is 17.7. The van der Waals surface area contributed by atoms with E-state index in [1.54, 1.807) is 12.4 Å². The second-order valence-corrected chi connectivity index (χ2v) is 4.90. The zero-order valence-corrected chi connectivity index (χ0v) is 14.6. The molecular weight excluding hydrogens is 373 g/mol. The summed E-state index contributed by atoms with van der Waals surface area (Å²) in [5, 5.41) is 3.33. The van der Waals surface area contributed by atoms with Crippen molar-refractivity contribution in [3.8, 4) is 0 Å². The van der Waals surface area contributed by atoms with E-state index < -0.39 is 0 Å². The average Bonchev–Trinajstić information content (AvgIpc) is 2.46. The zero-order chi connectivity index (χ0) is 14.4. The highest BCUT2D eigenvalue weighted by Crippen LogP contribution is 2.22. The summed E-state index contributed by atoms with van der Waals surface area (Å²) in [4.78, 5) is 3.99. The molecule has 0 saturated carbocycles. The standard InChI is InChI=1S/C17H21N3.HI/c1-13(2)15-5-3-4-6-16(15)20-17(18)8-7-14-9-11-19-12-10-14;/h5-12,17,20H,1,3-4,18H2,2H3;1H/b8-7+;. The second-order valence-electron chi connectivity index (χ2n) is 4.90. The van der Waals surface area contributed by atoms with Gasteiger partial charge in [0.2, 0.25) is 0 Å². The lowest BCUT2D eigenvalue weighted by atomic mass is 9.98. The first-order valence-electron chi connectivity index (χ1n) is 6.84. The van der Waals surface area contributed by atoms with Crippen molar-refractivity contribution in [1.29, 1.82) is 0 Å². The zero-order valence-electron chi connectivity index (χ0n) is 12.3. The number of rotatable bonds is 5. The van der Waals surface area contributed by atoms with E-state index in [4.69, 9.17) is 5.73 Å². The third-order valence-corrected chi connectivity index (χ3v) is 3.14. The van der Waals surface area contributed by atoms with Crippen LogP contribution in [0.3, 0.4) is 0 Å². The van der Waals surface area contributed by atoms with Gasteiger partial charge in [-0.1, -0.05) is 24.8 Å². The van der Waals surface area contributed by atoms with Crippen LogP contribution < -0.4 is 11.1 Å². The van der Waals surface area contributed by atoms with Crippen molar-refractivity contribution in [2.45, 2.75) is 25.9 Å². The molecule has 0 fully saturated rings. The summed E-state index contributed by atoms with van der Waals surface area (Å²) in [7, 11) is 0. The number of aromatic nitrogens is 1. The van der Waals surface area contributed by atoms with Crippen molar-refractivity contribution in [1.82, 2.24) is 10.3 Å². The molecule has 1 aromatic heterocycles. The molecule has 0 radical (unpaired) electrons. The van der Waals surface area contributed by atoms with Crippen LogP contribution in [0, 0.1) is 0 Å². The number of nitrogens with two attached hydrogens (primary N) is 1. The highest BCUT2D eigenvalue weighted by molar-refractivity contribution is 14.0. The molecule has 4 heteroatoms. The second kappa shape index (κ2) is 8.79. The molecule has 1 heterocycles. The van der Waals surface area contributed by atoms with Gasteiger partial charge >= 0.3 is 0 Å². The van der Waals surface area contributed by atoms with Gasteiger partial charge < -0.3 is 11.1 Å². The van der Waals surface area contributed by atoms with Crippen molar-refractivity contribution in [2.75, 3.05) is 0 Å². The Hall–Kier alpha value is -1.40. The molecule has 0 aromatic carbocycles. The van der Waals surface area contributed by atoms with E-state index in [1.165, 1.54) is 5.57 Å². The maximum Gasteiger partial charge on any atom is 0.0938 e. The first-order chi connectivity index (χ1) is 9.66. The van der Waals surface area contributed by atoms with Gasteiger partial charge in [0, 0.05) is 18.1 Å². The SMILES string of the molecule is C=C(C)C1=CCCC=C1NC(N)/C=C/c1ccncc1.I. The van der Waals surface area contributed by atoms with Crippen molar-refractivity contribution in [2.24, 2.45) is 5.73 Å². The molecule has 0 aliphatic heterocycles. The van der Waals surface area contributed by atoms with E-state index in [1.807, 2.05) is 31.2 Å². The Bertz CT molecular complexity index is 559. The van der Waals surface area contributed by atoms with Gasteiger partial charge in [0.15, 0.2) is 0 Å². The van der Waals surface area contributed by atoms with Gasteiger partial charge in [-0.2, -0.15) is 0 Å². The van der Waals surface area contributed by atoms with Crippen LogP contribution in [0.2, 0.25) is 0 Å². The molecule has 3 nitrogen and oxygen atoms in total. The lowest BCUT2D eigenvalue weighted by Gasteiger charge is -2.21. The predicted octanol–water partition coefficient (Wildman–Crippen LogP) is 3.77. The predicted molar refractivity (Wildman–Crippen MR) is 100 cm³/mol. The minimum Gasteiger partial charge on any atom is -0.366 e. The fourth-order valence-corrected chi connectivity index (χ4v) is 2.13. The third kappa shape index (κ3) is 5.47. The number of hydrogen-bond donors (Lipinski definition) is 2. The van der Waals surface area contributed by atoms with E-state index in [-0.39, 0.29) is 30.1 Å². The van der Waals surface area contributed by atoms with Crippen LogP contribution in [0.4, 0.5) is 0 Å². The third-order valence-electron chi connectivity index (χ3n) is 3.14. The van der Waals surface area contributed by atoms with E-state index in [0.717, 1.165) is 29.7 Å². The molecule has 0 spiro atoms. The van der Waals surface area contributed by atoms with Gasteiger partial charge in [0.25, 0.3) is 0 Å². The quantitative estimate of drug-likeness (QED) is 0.590. The van der Waals surface area contributed by atoms with Crippen LogP contribution in [0.5, 0.6) is 0 Å². The monoisotopic (exact) mass is 395 g/mol. The van der Waals surface area contributed by atoms with Crippen molar-refractivity contribution < 1.29 is 0 Å². The van der Waals surface area contributed by atoms with Gasteiger partial charge in [-0.3, -0.25) is 4.98 Å². The summed E-state index contributed by atoms with van der Waals surface area (Å²) in [6.07, 6.45) is 13.8. The fourth-order valence-electron chi connectivity index (χ4n) is 2.13. The van der Waals surface area contributed by atoms with Crippen LogP contribution in [0.25, 0.3) is 6.08 Å². The first-order valence-corrected chi connectivity index (χ1v) is 6.84. The van der Waals surface area contributed by atoms with Crippen molar-refractivity contribution >= 4 is 30.1 Å². The van der Waals surface area contributed by atoms with E-state index in [9.17, 15) is 0 Å². The normalized spacial score (nSPS) is 15.7. The molecule has 0 amide bonds. The lowest BCUT2D eigenvalue weighted by Crippen LogP contribution is -2.35. The Labute approximate surface area is 143 Å². The largest absolute Gasteiger partial charge is 0.366 e. The topological polar surface area (TPSA) is 50.9 Å². The Morgan fingerprint density at radius 2 is 2.00 bits per heavy atom. The molecule has 1 aliphatic carbocycles. The molecule has 0 bridgehead atoms. The fraction of sp³-hybridized carbons (Fsp3) is 0.235. The maximum absolute atomic E-state index is 6.10. The summed E-state index contributed by atoms with van der Waals surface area (Å²) < 4.78 is 0. The van der Waals surface area contributed by atoms with Crippen LogP contribution in [0.1, 0.15) is 25.3 Å². The summed E-state index contributed by atoms with van der Waals surface area (Å²) >= 11 is 0. The Morgan fingerprint density at radius 3 is 2.67 bits per heavy atom. The Kier molecular flexibility index (Phi) is 7.39. The lowest BCUT2D eigenvalue weighted by molar-refractivity contribution is 0.698. The van der Waals surface area contributed by atoms with Gasteiger partial charge in [0.1, 0.15) is 0 Å². The number of pyridine rings is 1. The summed E-state index contributed by atoms with van der Waals surface area (Å²) in [6, 6.07) is 3.89. The van der Waals surface area contributed by atoms with Crippen molar-refractivity contribution in [3.05, 3.63) is 71.7 Å². The molecule has 0 saturated heterocycles. The number of nitrogens with zero attached hydrogens (tertiary/aromatic N) is 1. The molecule has 2 rings (SSSR count). The summed E-state index contributed by atoms with van der Waals surface area (Å²) in [5.41, 5.74) is 10.5. The molecule has 3 N–H and O–H groups in total. The van der Waals surface area contributed by atoms with Crippen LogP contribution >= 0.6 is 24.0 Å². The average molecular weight is 395 g/mol. The molecule has 112 valence electrons. The molecule has 1 atom stereocenters. The Balaban J connectivity index is 0.00000220. The van der Waals surface area contributed by atoms with Crippen LogP contribution in [0.15, 0.2) is 66.2 Å². The smallest absolute Gasteiger partial charge is 0.0938 e. The van der Waals surface area contributed by atoms with E-state index in [2.05, 4.69) is 29.0 Å². The molecular formula is C17H22IN3. The van der Waals surface area contributed by atoms with Crippen LogP contribution in [-0.2, 0) is 0 Å². The summed E-state index contributed by atoms with van der Waals surface area (Å²) in [6.45, 7) is 6.03. The van der Waals surface area contributed by atoms with E-state index >= 15 is 0 Å². The number of allylic oxidation sites excluding steroid dienone is 3. The number of nitrogens with one attached hydrogen (secondary N) is 1. The Morgan fingerprint density at radius 1 is 1.33 bits per heavy atom. The van der Waals surface area contributed by atoms with Crippen LogP contribution in [-0.4, -0.2) is 11.1 Å². The van der Waals surface area contributed by atoms with E-state index in [0.29, 0.717) is 0 Å². The molecule has 1 aliphatic rings. The highest BCUT2D eigenvalue weighted by atomic mass is 127. The van der Waals surface area contributed by atoms with Crippen molar-refractivity contribution in [3.63, 3.8) is 0 Å². The minimum absolute atomic E-state index is 0. The highest BCUT2D eigenvalue weighted by Gasteiger charge is 2.10. The molecule has 1 unspecified atom stereocenters. The van der Waals surface area contributed by atoms with Gasteiger partial charge in [-0.15, -0.1) is 24.0 Å². The minimum atomic E-state index is -0.227. The number of hydrogen-bond acceptors (Lipinski definition) is 3. The summed E-state index contributed by atoms with van der Waals surface area (Å²) in [5.74, 6) is 0. The number of halogens is 1. The maximum atomic E-state index is 6.10. The van der Waals surface area contributed by atoms with Gasteiger partial charge in [-0.05, 0) is 54.7 Å². The van der Waals surface area contributed by atoms with Gasteiger partial charge in [-0.25, -0.2) is 0 Å². The van der Waals surface area contributed by atoms with Gasteiger partial charge in [0.05, 0.1) is 6.17 Å². The molecule has 21 heavy (non-hydrogen) atoms.